The maximum Gasteiger partial charge on any atom is 0.0497 e. The zero-order chi connectivity index (χ0) is 21.9. The smallest absolute Gasteiger partial charge is 0.0497 e. The lowest BCUT2D eigenvalue weighted by atomic mass is 9.73. The first-order chi connectivity index (χ1) is 15.7. The summed E-state index contributed by atoms with van der Waals surface area (Å²) >= 11 is 0. The van der Waals surface area contributed by atoms with Crippen LogP contribution in [0.25, 0.3) is 44.1 Å². The Bertz CT molecular complexity index is 1480. The molecule has 0 N–H and O–H groups in total. The van der Waals surface area contributed by atoms with E-state index in [1.807, 2.05) is 0 Å². The number of aromatic nitrogens is 1. The predicted octanol–water partition coefficient (Wildman–Crippen LogP) is 8.57. The molecule has 0 bridgehead atoms. The van der Waals surface area contributed by atoms with Gasteiger partial charge in [-0.15, -0.1) is 0 Å². The van der Waals surface area contributed by atoms with E-state index in [1.54, 1.807) is 0 Å². The Hall–Kier alpha value is -3.32. The van der Waals surface area contributed by atoms with Crippen LogP contribution in [0.5, 0.6) is 0 Å². The van der Waals surface area contributed by atoms with Gasteiger partial charge in [0.15, 0.2) is 0 Å². The van der Waals surface area contributed by atoms with Crippen LogP contribution in [-0.2, 0) is 12.0 Å². The van der Waals surface area contributed by atoms with Gasteiger partial charge in [0.25, 0.3) is 0 Å². The van der Waals surface area contributed by atoms with E-state index in [0.717, 1.165) is 19.4 Å². The SMILES string of the molecule is CCn1c2ccccc2c2ccc(-c3ccc4c(c3)C(CC)(CC)c3ccccc3-4)cc21. The normalized spacial score (nSPS) is 14.1. The number of fused-ring (bicyclic) bond motifs is 6. The zero-order valence-electron chi connectivity index (χ0n) is 19.2. The van der Waals surface area contributed by atoms with Gasteiger partial charge in [0.1, 0.15) is 0 Å². The molecule has 158 valence electrons. The highest BCUT2D eigenvalue weighted by Gasteiger charge is 2.40. The molecule has 1 heterocycles. The average Bonchev–Trinajstić information content (AvgIpc) is 3.33. The number of hydrogen-bond donors (Lipinski definition) is 0. The lowest BCUT2D eigenvalue weighted by Crippen LogP contribution is -2.23. The Morgan fingerprint density at radius 2 is 1.25 bits per heavy atom. The molecule has 1 aliphatic rings. The van der Waals surface area contributed by atoms with Crippen molar-refractivity contribution in [2.24, 2.45) is 0 Å². The van der Waals surface area contributed by atoms with E-state index in [0.29, 0.717) is 0 Å². The van der Waals surface area contributed by atoms with Gasteiger partial charge < -0.3 is 4.57 Å². The van der Waals surface area contributed by atoms with Gasteiger partial charge in [0.05, 0.1) is 0 Å². The molecule has 0 atom stereocenters. The molecular weight excluding hydrogens is 386 g/mol. The minimum absolute atomic E-state index is 0.115. The molecule has 1 aromatic heterocycles. The van der Waals surface area contributed by atoms with Crippen molar-refractivity contribution in [3.63, 3.8) is 0 Å². The van der Waals surface area contributed by atoms with Crippen LogP contribution in [0.3, 0.4) is 0 Å². The molecule has 0 fully saturated rings. The van der Waals surface area contributed by atoms with Crippen LogP contribution in [-0.4, -0.2) is 4.57 Å². The fourth-order valence-electron chi connectivity index (χ4n) is 6.22. The van der Waals surface area contributed by atoms with Crippen LogP contribution in [0.2, 0.25) is 0 Å². The molecule has 0 unspecified atom stereocenters. The molecule has 1 heteroatoms. The van der Waals surface area contributed by atoms with Gasteiger partial charge in [-0.25, -0.2) is 0 Å². The molecule has 5 aromatic rings. The lowest BCUT2D eigenvalue weighted by Gasteiger charge is -2.30. The van der Waals surface area contributed by atoms with Crippen LogP contribution >= 0.6 is 0 Å². The molecule has 1 aliphatic carbocycles. The summed E-state index contributed by atoms with van der Waals surface area (Å²) in [5, 5.41) is 2.69. The molecule has 0 spiro atoms. The molecule has 0 saturated carbocycles. The summed E-state index contributed by atoms with van der Waals surface area (Å²) in [6, 6.07) is 31.9. The number of benzene rings is 4. The van der Waals surface area contributed by atoms with Gasteiger partial charge in [-0.2, -0.15) is 0 Å². The number of para-hydroxylation sites is 1. The van der Waals surface area contributed by atoms with E-state index in [9.17, 15) is 0 Å². The van der Waals surface area contributed by atoms with Crippen LogP contribution in [0.1, 0.15) is 44.7 Å². The third kappa shape index (κ3) is 2.45. The summed E-state index contributed by atoms with van der Waals surface area (Å²) in [6.07, 6.45) is 2.25. The van der Waals surface area contributed by atoms with E-state index in [1.165, 1.54) is 55.2 Å². The van der Waals surface area contributed by atoms with Gasteiger partial charge in [-0.05, 0) is 71.3 Å². The standard InChI is InChI=1S/C31H29N/c1-4-31(5-2)27-13-9-7-11-23(27)24-17-15-21(19-28(24)31)22-16-18-26-25-12-8-10-14-29(25)32(6-3)30(26)20-22/h7-20H,4-6H2,1-3H3. The van der Waals surface area contributed by atoms with Crippen molar-refractivity contribution in [2.75, 3.05) is 0 Å². The summed E-state index contributed by atoms with van der Waals surface area (Å²) in [5.41, 5.74) is 11.2. The fraction of sp³-hybridized carbons (Fsp3) is 0.226. The van der Waals surface area contributed by atoms with Crippen molar-refractivity contribution in [3.8, 4) is 22.3 Å². The maximum absolute atomic E-state index is 2.47. The van der Waals surface area contributed by atoms with E-state index in [2.05, 4.69) is 110 Å². The van der Waals surface area contributed by atoms with Gasteiger partial charge in [-0.1, -0.05) is 80.6 Å². The quantitative estimate of drug-likeness (QED) is 0.277. The first-order valence-electron chi connectivity index (χ1n) is 12.0. The summed E-state index contributed by atoms with van der Waals surface area (Å²) < 4.78 is 2.44. The minimum atomic E-state index is 0.115. The van der Waals surface area contributed by atoms with Crippen molar-refractivity contribution >= 4 is 21.8 Å². The largest absolute Gasteiger partial charge is 0.341 e. The molecule has 0 aliphatic heterocycles. The first kappa shape index (κ1) is 19.4. The van der Waals surface area contributed by atoms with Crippen LogP contribution in [0.15, 0.2) is 84.9 Å². The van der Waals surface area contributed by atoms with E-state index in [-0.39, 0.29) is 5.41 Å². The molecule has 1 nitrogen and oxygen atoms in total. The monoisotopic (exact) mass is 415 g/mol. The van der Waals surface area contributed by atoms with Gasteiger partial charge in [0, 0.05) is 33.8 Å². The molecule has 6 rings (SSSR count). The number of nitrogens with zero attached hydrogens (tertiary/aromatic N) is 1. The highest BCUT2D eigenvalue weighted by atomic mass is 15.0. The predicted molar refractivity (Wildman–Crippen MR) is 137 cm³/mol. The lowest BCUT2D eigenvalue weighted by molar-refractivity contribution is 0.490. The molecule has 0 saturated heterocycles. The number of hydrogen-bond acceptors (Lipinski definition) is 0. The van der Waals surface area contributed by atoms with Crippen molar-refractivity contribution in [1.82, 2.24) is 4.57 Å². The van der Waals surface area contributed by atoms with Crippen LogP contribution in [0.4, 0.5) is 0 Å². The minimum Gasteiger partial charge on any atom is -0.341 e. The third-order valence-corrected chi connectivity index (χ3v) is 7.90. The molecular formula is C31H29N. The second kappa shape index (κ2) is 7.10. The second-order valence-corrected chi connectivity index (χ2v) is 9.09. The molecule has 32 heavy (non-hydrogen) atoms. The Morgan fingerprint density at radius 3 is 2.06 bits per heavy atom. The number of rotatable bonds is 4. The Kier molecular flexibility index (Phi) is 4.30. The molecule has 0 radical (unpaired) electrons. The topological polar surface area (TPSA) is 4.93 Å². The van der Waals surface area contributed by atoms with E-state index < -0.39 is 0 Å². The number of aryl methyl sites for hydroxylation is 1. The van der Waals surface area contributed by atoms with E-state index >= 15 is 0 Å². The molecule has 4 aromatic carbocycles. The van der Waals surface area contributed by atoms with Gasteiger partial charge in [-0.3, -0.25) is 0 Å². The van der Waals surface area contributed by atoms with Crippen LogP contribution in [0, 0.1) is 0 Å². The van der Waals surface area contributed by atoms with Crippen molar-refractivity contribution in [1.29, 1.82) is 0 Å². The van der Waals surface area contributed by atoms with Gasteiger partial charge in [0.2, 0.25) is 0 Å². The van der Waals surface area contributed by atoms with Crippen LogP contribution < -0.4 is 0 Å². The summed E-state index contributed by atoms with van der Waals surface area (Å²) in [4.78, 5) is 0. The van der Waals surface area contributed by atoms with Crippen molar-refractivity contribution < 1.29 is 0 Å². The summed E-state index contributed by atoms with van der Waals surface area (Å²) in [5.74, 6) is 0. The first-order valence-corrected chi connectivity index (χ1v) is 12.0. The fourth-order valence-corrected chi connectivity index (χ4v) is 6.22. The Labute approximate surface area is 190 Å². The van der Waals surface area contributed by atoms with E-state index in [4.69, 9.17) is 0 Å². The second-order valence-electron chi connectivity index (χ2n) is 9.09. The highest BCUT2D eigenvalue weighted by Crippen LogP contribution is 2.53. The zero-order valence-corrected chi connectivity index (χ0v) is 19.2. The third-order valence-electron chi connectivity index (χ3n) is 7.90. The average molecular weight is 416 g/mol. The van der Waals surface area contributed by atoms with Crippen molar-refractivity contribution in [2.45, 2.75) is 45.6 Å². The Balaban J connectivity index is 1.57. The van der Waals surface area contributed by atoms with Crippen molar-refractivity contribution in [3.05, 3.63) is 96.1 Å². The maximum atomic E-state index is 2.47. The van der Waals surface area contributed by atoms with Gasteiger partial charge >= 0.3 is 0 Å². The molecule has 0 amide bonds. The highest BCUT2D eigenvalue weighted by molar-refractivity contribution is 6.09. The summed E-state index contributed by atoms with van der Waals surface area (Å²) in [7, 11) is 0. The summed E-state index contributed by atoms with van der Waals surface area (Å²) in [6.45, 7) is 7.89. The Morgan fingerprint density at radius 1 is 0.594 bits per heavy atom.